The first kappa shape index (κ1) is 11.4. The first-order chi connectivity index (χ1) is 7.61. The zero-order valence-electron chi connectivity index (χ0n) is 10.1. The summed E-state index contributed by atoms with van der Waals surface area (Å²) in [7, 11) is 3.50. The van der Waals surface area contributed by atoms with E-state index in [0.717, 1.165) is 0 Å². The van der Waals surface area contributed by atoms with Crippen LogP contribution in [0.4, 0.5) is 0 Å². The summed E-state index contributed by atoms with van der Waals surface area (Å²) < 4.78 is 0. The molecular weight excluding hydrogens is 204 g/mol. The highest BCUT2D eigenvalue weighted by Crippen LogP contribution is 2.30. The molecule has 16 heavy (non-hydrogen) atoms. The third kappa shape index (κ3) is 1.93. The van der Waals surface area contributed by atoms with Gasteiger partial charge in [0.2, 0.25) is 0 Å². The molecule has 1 aliphatic carbocycles. The van der Waals surface area contributed by atoms with Gasteiger partial charge in [-0.1, -0.05) is 19.3 Å². The van der Waals surface area contributed by atoms with Crippen molar-refractivity contribution in [2.75, 3.05) is 20.6 Å². The van der Waals surface area contributed by atoms with Crippen molar-refractivity contribution in [1.82, 2.24) is 9.80 Å². The molecule has 0 aromatic carbocycles. The monoisotopic (exact) mass is 224 g/mol. The van der Waals surface area contributed by atoms with Crippen LogP contribution in [-0.2, 0) is 9.59 Å². The second-order valence-corrected chi connectivity index (χ2v) is 5.07. The van der Waals surface area contributed by atoms with Crippen LogP contribution in [0.1, 0.15) is 32.1 Å². The summed E-state index contributed by atoms with van der Waals surface area (Å²) in [4.78, 5) is 26.5. The molecule has 2 amide bonds. The van der Waals surface area contributed by atoms with E-state index in [1.165, 1.54) is 32.1 Å². The maximum Gasteiger partial charge on any atom is 0.312 e. The van der Waals surface area contributed by atoms with E-state index < -0.39 is 0 Å². The molecule has 1 atom stereocenters. The SMILES string of the molecule is CN1CC(C2CCCCC2)N(C)C(=O)C1=O. The van der Waals surface area contributed by atoms with Crippen molar-refractivity contribution in [1.29, 1.82) is 0 Å². The summed E-state index contributed by atoms with van der Waals surface area (Å²) >= 11 is 0. The van der Waals surface area contributed by atoms with Crippen LogP contribution in [-0.4, -0.2) is 48.3 Å². The van der Waals surface area contributed by atoms with E-state index in [2.05, 4.69) is 0 Å². The Hall–Kier alpha value is -1.06. The predicted molar refractivity (Wildman–Crippen MR) is 60.8 cm³/mol. The van der Waals surface area contributed by atoms with Crippen molar-refractivity contribution < 1.29 is 9.59 Å². The highest BCUT2D eigenvalue weighted by molar-refractivity contribution is 6.35. The minimum absolute atomic E-state index is 0.232. The standard InChI is InChI=1S/C12H20N2O2/c1-13-8-10(9-6-4-3-5-7-9)14(2)12(16)11(13)15/h9-10H,3-8H2,1-2H3. The Morgan fingerprint density at radius 2 is 1.62 bits per heavy atom. The van der Waals surface area contributed by atoms with E-state index in [9.17, 15) is 9.59 Å². The van der Waals surface area contributed by atoms with E-state index in [1.807, 2.05) is 0 Å². The summed E-state index contributed by atoms with van der Waals surface area (Å²) in [6.07, 6.45) is 6.24. The Bertz CT molecular complexity index is 297. The number of rotatable bonds is 1. The second kappa shape index (κ2) is 4.44. The van der Waals surface area contributed by atoms with Crippen molar-refractivity contribution >= 4 is 11.8 Å². The average Bonchev–Trinajstić information content (AvgIpc) is 2.32. The zero-order chi connectivity index (χ0) is 11.7. The Kier molecular flexibility index (Phi) is 3.17. The van der Waals surface area contributed by atoms with Crippen LogP contribution in [0.5, 0.6) is 0 Å². The van der Waals surface area contributed by atoms with Crippen LogP contribution in [0.25, 0.3) is 0 Å². The number of carbonyl (C=O) groups is 2. The summed E-state index contributed by atoms with van der Waals surface area (Å²) in [5.41, 5.74) is 0. The molecule has 1 unspecified atom stereocenters. The average molecular weight is 224 g/mol. The van der Waals surface area contributed by atoms with Gasteiger partial charge in [-0.25, -0.2) is 0 Å². The molecule has 2 aliphatic rings. The van der Waals surface area contributed by atoms with Crippen molar-refractivity contribution in [2.45, 2.75) is 38.1 Å². The summed E-state index contributed by atoms with van der Waals surface area (Å²) in [5.74, 6) is -0.128. The largest absolute Gasteiger partial charge is 0.335 e. The lowest BCUT2D eigenvalue weighted by Crippen LogP contribution is -2.59. The maximum absolute atomic E-state index is 11.7. The minimum Gasteiger partial charge on any atom is -0.335 e. The van der Waals surface area contributed by atoms with Crippen LogP contribution >= 0.6 is 0 Å². The van der Waals surface area contributed by atoms with Crippen molar-refractivity contribution in [3.05, 3.63) is 0 Å². The lowest BCUT2D eigenvalue weighted by Gasteiger charge is -2.42. The number of amides is 2. The third-order valence-electron chi connectivity index (χ3n) is 4.00. The molecule has 0 radical (unpaired) electrons. The van der Waals surface area contributed by atoms with Crippen molar-refractivity contribution in [3.8, 4) is 0 Å². The van der Waals surface area contributed by atoms with E-state index in [1.54, 1.807) is 23.9 Å². The van der Waals surface area contributed by atoms with E-state index in [4.69, 9.17) is 0 Å². The molecule has 1 saturated carbocycles. The van der Waals surface area contributed by atoms with E-state index in [0.29, 0.717) is 12.5 Å². The maximum atomic E-state index is 11.7. The smallest absolute Gasteiger partial charge is 0.312 e. The normalized spacial score (nSPS) is 28.8. The molecule has 0 N–H and O–H groups in total. The molecule has 0 aromatic rings. The highest BCUT2D eigenvalue weighted by Gasteiger charge is 2.38. The Balaban J connectivity index is 2.08. The van der Waals surface area contributed by atoms with Gasteiger partial charge in [0.05, 0.1) is 6.04 Å². The molecule has 0 aromatic heterocycles. The van der Waals surface area contributed by atoms with Gasteiger partial charge in [0.25, 0.3) is 0 Å². The van der Waals surface area contributed by atoms with Gasteiger partial charge in [0.1, 0.15) is 0 Å². The van der Waals surface area contributed by atoms with E-state index >= 15 is 0 Å². The topological polar surface area (TPSA) is 40.6 Å². The van der Waals surface area contributed by atoms with Crippen molar-refractivity contribution in [3.63, 3.8) is 0 Å². The van der Waals surface area contributed by atoms with Gasteiger partial charge in [-0.15, -0.1) is 0 Å². The number of hydrogen-bond acceptors (Lipinski definition) is 2. The molecule has 90 valence electrons. The zero-order valence-corrected chi connectivity index (χ0v) is 10.1. The molecule has 2 fully saturated rings. The summed E-state index contributed by atoms with van der Waals surface area (Å²) in [6.45, 7) is 0.700. The fourth-order valence-electron chi connectivity index (χ4n) is 2.93. The molecule has 4 heteroatoms. The first-order valence-electron chi connectivity index (χ1n) is 6.13. The van der Waals surface area contributed by atoms with Gasteiger partial charge in [-0.3, -0.25) is 9.59 Å². The van der Waals surface area contributed by atoms with Crippen LogP contribution in [0.2, 0.25) is 0 Å². The van der Waals surface area contributed by atoms with Gasteiger partial charge < -0.3 is 9.80 Å². The fourth-order valence-corrected chi connectivity index (χ4v) is 2.93. The van der Waals surface area contributed by atoms with Crippen LogP contribution in [0.15, 0.2) is 0 Å². The summed E-state index contributed by atoms with van der Waals surface area (Å²) in [5, 5.41) is 0. The number of hydrogen-bond donors (Lipinski definition) is 0. The number of piperazine rings is 1. The quantitative estimate of drug-likeness (QED) is 0.620. The summed E-state index contributed by atoms with van der Waals surface area (Å²) in [6, 6.07) is 0.232. The van der Waals surface area contributed by atoms with Crippen LogP contribution in [0, 0.1) is 5.92 Å². The molecule has 2 rings (SSSR count). The Morgan fingerprint density at radius 3 is 2.25 bits per heavy atom. The molecule has 0 bridgehead atoms. The van der Waals surface area contributed by atoms with Crippen LogP contribution < -0.4 is 0 Å². The van der Waals surface area contributed by atoms with Gasteiger partial charge in [-0.05, 0) is 18.8 Å². The third-order valence-corrected chi connectivity index (χ3v) is 4.00. The fraction of sp³-hybridized carbons (Fsp3) is 0.833. The molecule has 0 spiro atoms. The lowest BCUT2D eigenvalue weighted by atomic mass is 9.82. The molecule has 1 saturated heterocycles. The van der Waals surface area contributed by atoms with Gasteiger partial charge >= 0.3 is 11.8 Å². The second-order valence-electron chi connectivity index (χ2n) is 5.07. The van der Waals surface area contributed by atoms with Gasteiger partial charge in [0.15, 0.2) is 0 Å². The molecular formula is C12H20N2O2. The van der Waals surface area contributed by atoms with Crippen LogP contribution in [0.3, 0.4) is 0 Å². The Morgan fingerprint density at radius 1 is 1.00 bits per heavy atom. The first-order valence-corrected chi connectivity index (χ1v) is 6.13. The lowest BCUT2D eigenvalue weighted by molar-refractivity contribution is -0.158. The van der Waals surface area contributed by atoms with Gasteiger partial charge in [-0.2, -0.15) is 0 Å². The molecule has 4 nitrogen and oxygen atoms in total. The van der Waals surface area contributed by atoms with Crippen molar-refractivity contribution in [2.24, 2.45) is 5.92 Å². The Labute approximate surface area is 96.6 Å². The number of likely N-dealkylation sites (N-methyl/N-ethyl adjacent to an activating group) is 2. The predicted octanol–water partition coefficient (Wildman–Crippen LogP) is 0.866. The number of nitrogens with zero attached hydrogens (tertiary/aromatic N) is 2. The van der Waals surface area contributed by atoms with Gasteiger partial charge in [0, 0.05) is 20.6 Å². The van der Waals surface area contributed by atoms with E-state index in [-0.39, 0.29) is 17.9 Å². The highest BCUT2D eigenvalue weighted by atomic mass is 16.2. The molecule has 1 heterocycles. The minimum atomic E-state index is -0.366. The molecule has 1 aliphatic heterocycles. The number of carbonyl (C=O) groups excluding carboxylic acids is 2.